The van der Waals surface area contributed by atoms with Crippen molar-refractivity contribution in [1.82, 2.24) is 4.98 Å². The second kappa shape index (κ2) is 4.55. The van der Waals surface area contributed by atoms with Crippen molar-refractivity contribution < 1.29 is 9.90 Å². The Balaban J connectivity index is 2.66. The van der Waals surface area contributed by atoms with Crippen LogP contribution in [0.25, 0.3) is 17.0 Å². The number of hydrogen-bond donors (Lipinski definition) is 2. The third kappa shape index (κ3) is 1.99. The number of hydrogen-bond acceptors (Lipinski definition) is 3. The molecule has 5 heteroatoms. The van der Waals surface area contributed by atoms with Crippen LogP contribution in [0.3, 0.4) is 0 Å². The number of nitrogens with zero attached hydrogens (tertiary/aromatic N) is 1. The number of carboxylic acid groups (broad SMARTS) is 1. The van der Waals surface area contributed by atoms with Crippen LogP contribution < -0.4 is 5.43 Å². The topological polar surface area (TPSA) is 93.9 Å². The lowest BCUT2D eigenvalue weighted by Crippen LogP contribution is -2.15. The average molecular weight is 240 g/mol. The lowest BCUT2D eigenvalue weighted by atomic mass is 10.1. The number of H-pyrrole nitrogens is 1. The number of aromatic amines is 1. The summed E-state index contributed by atoms with van der Waals surface area (Å²) in [5.74, 6) is -1.26. The first-order chi connectivity index (χ1) is 8.63. The number of benzene rings is 1. The first-order valence-corrected chi connectivity index (χ1v) is 5.08. The first kappa shape index (κ1) is 11.6. The maximum absolute atomic E-state index is 11.8. The number of carbonyl (C=O) groups is 1. The van der Waals surface area contributed by atoms with Crippen molar-refractivity contribution >= 4 is 22.9 Å². The van der Waals surface area contributed by atoms with Gasteiger partial charge in [0.25, 0.3) is 0 Å². The molecule has 1 heterocycles. The van der Waals surface area contributed by atoms with Gasteiger partial charge in [-0.3, -0.25) is 4.79 Å². The highest BCUT2D eigenvalue weighted by Crippen LogP contribution is 2.12. The minimum absolute atomic E-state index is 0.289. The third-order valence-electron chi connectivity index (χ3n) is 2.49. The number of aromatic carboxylic acids is 1. The zero-order valence-corrected chi connectivity index (χ0v) is 9.18. The Labute approximate surface area is 102 Å². The molecule has 0 saturated heterocycles. The number of rotatable bonds is 2. The summed E-state index contributed by atoms with van der Waals surface area (Å²) in [4.78, 5) is 25.4. The molecule has 1 aromatic heterocycles. The molecule has 2 N–H and O–H groups in total. The molecule has 1 aromatic carbocycles. The van der Waals surface area contributed by atoms with Crippen LogP contribution in [0.2, 0.25) is 0 Å². The predicted octanol–water partition coefficient (Wildman–Crippen LogP) is 1.76. The van der Waals surface area contributed by atoms with Crippen molar-refractivity contribution in [3.05, 3.63) is 51.8 Å². The van der Waals surface area contributed by atoms with Crippen LogP contribution in [0.1, 0.15) is 15.9 Å². The minimum atomic E-state index is -1.26. The number of pyridine rings is 1. The lowest BCUT2D eigenvalue weighted by Gasteiger charge is -2.01. The molecule has 0 atom stereocenters. The number of nitriles is 1. The summed E-state index contributed by atoms with van der Waals surface area (Å²) in [7, 11) is 0. The van der Waals surface area contributed by atoms with Gasteiger partial charge in [-0.1, -0.05) is 6.07 Å². The van der Waals surface area contributed by atoms with Gasteiger partial charge in [0.15, 0.2) is 0 Å². The van der Waals surface area contributed by atoms with Gasteiger partial charge < -0.3 is 10.1 Å². The van der Waals surface area contributed by atoms with E-state index in [-0.39, 0.29) is 5.56 Å². The van der Waals surface area contributed by atoms with Gasteiger partial charge in [-0.05, 0) is 23.8 Å². The first-order valence-electron chi connectivity index (χ1n) is 5.08. The van der Waals surface area contributed by atoms with Crippen LogP contribution in [0, 0.1) is 11.3 Å². The average Bonchev–Trinajstić information content (AvgIpc) is 2.36. The van der Waals surface area contributed by atoms with E-state index in [1.165, 1.54) is 18.3 Å². The van der Waals surface area contributed by atoms with Gasteiger partial charge in [0, 0.05) is 23.2 Å². The fraction of sp³-hybridized carbons (Fsp3) is 0. The fourth-order valence-corrected chi connectivity index (χ4v) is 1.64. The summed E-state index contributed by atoms with van der Waals surface area (Å²) in [6.45, 7) is 0. The minimum Gasteiger partial charge on any atom is -0.477 e. The molecule has 0 aliphatic carbocycles. The standard InChI is InChI=1S/C13H8N2O3/c14-5-1-2-8-3-4-9-11(6-8)15-7-10(12(9)16)13(17)18/h1-4,6-7H,(H,15,16)(H,17,18). The zero-order valence-electron chi connectivity index (χ0n) is 9.18. The van der Waals surface area contributed by atoms with Crippen molar-refractivity contribution in [1.29, 1.82) is 5.26 Å². The number of aromatic nitrogens is 1. The molecule has 0 unspecified atom stereocenters. The van der Waals surface area contributed by atoms with Crippen molar-refractivity contribution in [2.75, 3.05) is 0 Å². The molecule has 0 radical (unpaired) electrons. The largest absolute Gasteiger partial charge is 0.477 e. The summed E-state index contributed by atoms with van der Waals surface area (Å²) in [6.07, 6.45) is 4.10. The maximum Gasteiger partial charge on any atom is 0.341 e. The molecule has 18 heavy (non-hydrogen) atoms. The van der Waals surface area contributed by atoms with E-state index in [9.17, 15) is 9.59 Å². The lowest BCUT2D eigenvalue weighted by molar-refractivity contribution is 0.0695. The highest BCUT2D eigenvalue weighted by atomic mass is 16.4. The number of fused-ring (bicyclic) bond motifs is 1. The Morgan fingerprint density at radius 2 is 2.22 bits per heavy atom. The summed E-state index contributed by atoms with van der Waals surface area (Å²) >= 11 is 0. The Morgan fingerprint density at radius 3 is 2.89 bits per heavy atom. The van der Waals surface area contributed by atoms with Crippen LogP contribution >= 0.6 is 0 Å². The van der Waals surface area contributed by atoms with Crippen LogP contribution in [0.4, 0.5) is 0 Å². The molecular weight excluding hydrogens is 232 g/mol. The van der Waals surface area contributed by atoms with E-state index < -0.39 is 11.4 Å². The van der Waals surface area contributed by atoms with Gasteiger partial charge in [0.05, 0.1) is 6.07 Å². The molecule has 2 rings (SSSR count). The SMILES string of the molecule is N#CC=Cc1ccc2c(=O)c(C(=O)O)c[nH]c2c1. The highest BCUT2D eigenvalue weighted by molar-refractivity contribution is 5.92. The van der Waals surface area contributed by atoms with Gasteiger partial charge in [0.2, 0.25) is 5.43 Å². The zero-order chi connectivity index (χ0) is 13.1. The van der Waals surface area contributed by atoms with E-state index in [1.807, 2.05) is 6.07 Å². The molecule has 0 amide bonds. The third-order valence-corrected chi connectivity index (χ3v) is 2.49. The normalized spacial score (nSPS) is 10.6. The van der Waals surface area contributed by atoms with E-state index in [0.717, 1.165) is 5.56 Å². The Hall–Kier alpha value is -2.87. The molecule has 0 aliphatic rings. The van der Waals surface area contributed by atoms with Crippen molar-refractivity contribution in [3.8, 4) is 6.07 Å². The van der Waals surface area contributed by atoms with Gasteiger partial charge in [-0.25, -0.2) is 4.79 Å². The Morgan fingerprint density at radius 1 is 1.44 bits per heavy atom. The smallest absolute Gasteiger partial charge is 0.341 e. The molecule has 0 bridgehead atoms. The number of carboxylic acids is 1. The summed E-state index contributed by atoms with van der Waals surface area (Å²) in [5, 5.41) is 17.6. The van der Waals surface area contributed by atoms with E-state index in [4.69, 9.17) is 10.4 Å². The van der Waals surface area contributed by atoms with Gasteiger partial charge in [0.1, 0.15) is 5.56 Å². The van der Waals surface area contributed by atoms with E-state index in [2.05, 4.69) is 4.98 Å². The Bertz CT molecular complexity index is 751. The molecule has 0 saturated carbocycles. The van der Waals surface area contributed by atoms with Crippen LogP contribution in [0.5, 0.6) is 0 Å². The predicted molar refractivity (Wildman–Crippen MR) is 66.2 cm³/mol. The molecular formula is C13H8N2O3. The van der Waals surface area contributed by atoms with Crippen LogP contribution in [0.15, 0.2) is 35.3 Å². The second-order valence-electron chi connectivity index (χ2n) is 3.60. The van der Waals surface area contributed by atoms with Gasteiger partial charge >= 0.3 is 5.97 Å². The van der Waals surface area contributed by atoms with E-state index in [1.54, 1.807) is 18.2 Å². The van der Waals surface area contributed by atoms with E-state index in [0.29, 0.717) is 10.9 Å². The number of allylic oxidation sites excluding steroid dienone is 1. The summed E-state index contributed by atoms with van der Waals surface area (Å²) in [6, 6.07) is 6.74. The van der Waals surface area contributed by atoms with E-state index >= 15 is 0 Å². The quantitative estimate of drug-likeness (QED) is 0.782. The van der Waals surface area contributed by atoms with Crippen LogP contribution in [-0.2, 0) is 0 Å². The van der Waals surface area contributed by atoms with Gasteiger partial charge in [-0.15, -0.1) is 0 Å². The summed E-state index contributed by atoms with van der Waals surface area (Å²) in [5.41, 5.74) is 0.475. The molecule has 5 nitrogen and oxygen atoms in total. The fourth-order valence-electron chi connectivity index (χ4n) is 1.64. The molecule has 0 spiro atoms. The van der Waals surface area contributed by atoms with Crippen molar-refractivity contribution in [3.63, 3.8) is 0 Å². The highest BCUT2D eigenvalue weighted by Gasteiger charge is 2.10. The van der Waals surface area contributed by atoms with Crippen LogP contribution in [-0.4, -0.2) is 16.1 Å². The van der Waals surface area contributed by atoms with Crippen molar-refractivity contribution in [2.45, 2.75) is 0 Å². The molecule has 0 fully saturated rings. The molecule has 88 valence electrons. The second-order valence-corrected chi connectivity index (χ2v) is 3.60. The maximum atomic E-state index is 11.8. The summed E-state index contributed by atoms with van der Waals surface area (Å²) < 4.78 is 0. The molecule has 0 aliphatic heterocycles. The molecule has 2 aromatic rings. The van der Waals surface area contributed by atoms with Gasteiger partial charge in [-0.2, -0.15) is 5.26 Å². The monoisotopic (exact) mass is 240 g/mol. The number of nitrogens with one attached hydrogen (secondary N) is 1. The Kier molecular flexibility index (Phi) is 2.94. The van der Waals surface area contributed by atoms with Crippen molar-refractivity contribution in [2.24, 2.45) is 0 Å².